The van der Waals surface area contributed by atoms with Gasteiger partial charge in [0.2, 0.25) is 11.9 Å². The number of nitrogens with zero attached hydrogens (tertiary/aromatic N) is 2. The minimum atomic E-state index is -0.0961. The van der Waals surface area contributed by atoms with Crippen LogP contribution < -0.4 is 5.32 Å². The Morgan fingerprint density at radius 2 is 1.68 bits per heavy atom. The largest absolute Gasteiger partial charge is 0.294 e. The van der Waals surface area contributed by atoms with Gasteiger partial charge in [0.15, 0.2) is 0 Å². The Hall–Kier alpha value is -2.23. The van der Waals surface area contributed by atoms with Gasteiger partial charge in [0, 0.05) is 12.4 Å². The molecular weight excluding hydrogens is 238 g/mol. The summed E-state index contributed by atoms with van der Waals surface area (Å²) in [4.78, 5) is 19.9. The third kappa shape index (κ3) is 3.37. The van der Waals surface area contributed by atoms with Crippen molar-refractivity contribution in [2.24, 2.45) is 0 Å². The molecule has 98 valence electrons. The monoisotopic (exact) mass is 255 g/mol. The van der Waals surface area contributed by atoms with E-state index in [1.54, 1.807) is 18.5 Å². The molecule has 1 heterocycles. The number of hydrogen-bond donors (Lipinski definition) is 1. The van der Waals surface area contributed by atoms with Crippen molar-refractivity contribution in [1.82, 2.24) is 9.97 Å². The summed E-state index contributed by atoms with van der Waals surface area (Å²) in [7, 11) is 0. The Balaban J connectivity index is 2.12. The van der Waals surface area contributed by atoms with Gasteiger partial charge in [-0.25, -0.2) is 9.97 Å². The summed E-state index contributed by atoms with van der Waals surface area (Å²) in [6, 6.07) is 5.90. The van der Waals surface area contributed by atoms with Gasteiger partial charge in [-0.15, -0.1) is 0 Å². The number of rotatable bonds is 3. The van der Waals surface area contributed by atoms with Crippen LogP contribution in [0.5, 0.6) is 0 Å². The normalized spacial score (nSPS) is 10.3. The van der Waals surface area contributed by atoms with Crippen molar-refractivity contribution in [2.75, 3.05) is 5.32 Å². The van der Waals surface area contributed by atoms with Crippen molar-refractivity contribution in [2.45, 2.75) is 27.2 Å². The summed E-state index contributed by atoms with van der Waals surface area (Å²) in [6.45, 7) is 6.12. The van der Waals surface area contributed by atoms with E-state index in [9.17, 15) is 4.79 Å². The van der Waals surface area contributed by atoms with Crippen molar-refractivity contribution in [3.63, 3.8) is 0 Å². The van der Waals surface area contributed by atoms with Crippen LogP contribution in [0.2, 0.25) is 0 Å². The second kappa shape index (κ2) is 5.61. The lowest BCUT2D eigenvalue weighted by Gasteiger charge is -2.11. The number of carbonyl (C=O) groups is 1. The lowest BCUT2D eigenvalue weighted by molar-refractivity contribution is -0.115. The molecule has 0 aliphatic rings. The number of amides is 1. The molecule has 2 aromatic rings. The first-order chi connectivity index (χ1) is 9.06. The summed E-state index contributed by atoms with van der Waals surface area (Å²) >= 11 is 0. The van der Waals surface area contributed by atoms with Crippen LogP contribution in [0.4, 0.5) is 5.95 Å². The van der Waals surface area contributed by atoms with Crippen LogP contribution >= 0.6 is 0 Å². The van der Waals surface area contributed by atoms with Gasteiger partial charge < -0.3 is 0 Å². The summed E-state index contributed by atoms with van der Waals surface area (Å²) in [5.74, 6) is 0.246. The lowest BCUT2D eigenvalue weighted by Crippen LogP contribution is -2.17. The SMILES string of the molecule is Cc1cc(C)c(CC(=O)Nc2ncccn2)c(C)c1. The van der Waals surface area contributed by atoms with E-state index in [2.05, 4.69) is 34.3 Å². The highest BCUT2D eigenvalue weighted by Crippen LogP contribution is 2.17. The topological polar surface area (TPSA) is 54.9 Å². The summed E-state index contributed by atoms with van der Waals surface area (Å²) in [5.41, 5.74) is 4.56. The molecule has 4 heteroatoms. The molecule has 4 nitrogen and oxygen atoms in total. The van der Waals surface area contributed by atoms with Gasteiger partial charge >= 0.3 is 0 Å². The predicted molar refractivity (Wildman–Crippen MR) is 75.0 cm³/mol. The van der Waals surface area contributed by atoms with E-state index in [1.807, 2.05) is 13.8 Å². The molecule has 1 aromatic heterocycles. The average Bonchev–Trinajstić information content (AvgIpc) is 2.35. The van der Waals surface area contributed by atoms with E-state index in [0.717, 1.165) is 16.7 Å². The Kier molecular flexibility index (Phi) is 3.90. The maximum absolute atomic E-state index is 12.0. The van der Waals surface area contributed by atoms with E-state index in [-0.39, 0.29) is 5.91 Å². The number of hydrogen-bond acceptors (Lipinski definition) is 3. The van der Waals surface area contributed by atoms with E-state index < -0.39 is 0 Å². The van der Waals surface area contributed by atoms with E-state index in [0.29, 0.717) is 12.4 Å². The van der Waals surface area contributed by atoms with Gasteiger partial charge in [0.05, 0.1) is 6.42 Å². The zero-order chi connectivity index (χ0) is 13.8. The zero-order valence-corrected chi connectivity index (χ0v) is 11.4. The summed E-state index contributed by atoms with van der Waals surface area (Å²) < 4.78 is 0. The quantitative estimate of drug-likeness (QED) is 0.917. The molecule has 0 spiro atoms. The molecule has 0 atom stereocenters. The first kappa shape index (κ1) is 13.2. The molecule has 19 heavy (non-hydrogen) atoms. The number of nitrogens with one attached hydrogen (secondary N) is 1. The van der Waals surface area contributed by atoms with Crippen LogP contribution in [0.25, 0.3) is 0 Å². The first-order valence-electron chi connectivity index (χ1n) is 6.20. The van der Waals surface area contributed by atoms with Gasteiger partial charge in [-0.3, -0.25) is 10.1 Å². The van der Waals surface area contributed by atoms with Gasteiger partial charge in [-0.2, -0.15) is 0 Å². The third-order valence-electron chi connectivity index (χ3n) is 2.99. The lowest BCUT2D eigenvalue weighted by atomic mass is 9.97. The molecule has 0 fully saturated rings. The Bertz CT molecular complexity index is 571. The molecule has 1 N–H and O–H groups in total. The summed E-state index contributed by atoms with van der Waals surface area (Å²) in [6.07, 6.45) is 3.55. The fraction of sp³-hybridized carbons (Fsp3) is 0.267. The van der Waals surface area contributed by atoms with Crippen molar-refractivity contribution in [3.8, 4) is 0 Å². The number of anilines is 1. The Labute approximate surface area is 112 Å². The minimum absolute atomic E-state index is 0.0961. The van der Waals surface area contributed by atoms with Crippen LogP contribution in [0.15, 0.2) is 30.6 Å². The van der Waals surface area contributed by atoms with Crippen LogP contribution in [-0.4, -0.2) is 15.9 Å². The van der Waals surface area contributed by atoms with E-state index in [4.69, 9.17) is 0 Å². The number of carbonyl (C=O) groups excluding carboxylic acids is 1. The van der Waals surface area contributed by atoms with Crippen LogP contribution in [0, 0.1) is 20.8 Å². The van der Waals surface area contributed by atoms with Crippen molar-refractivity contribution >= 4 is 11.9 Å². The minimum Gasteiger partial charge on any atom is -0.294 e. The smallest absolute Gasteiger partial charge is 0.231 e. The zero-order valence-electron chi connectivity index (χ0n) is 11.4. The standard InChI is InChI=1S/C15H17N3O/c1-10-7-11(2)13(12(3)8-10)9-14(19)18-15-16-5-4-6-17-15/h4-8H,9H2,1-3H3,(H,16,17,18,19). The Morgan fingerprint density at radius 1 is 1.11 bits per heavy atom. The highest BCUT2D eigenvalue weighted by molar-refractivity contribution is 5.91. The fourth-order valence-electron chi connectivity index (χ4n) is 2.18. The molecule has 1 amide bonds. The van der Waals surface area contributed by atoms with Gasteiger partial charge in [0.1, 0.15) is 0 Å². The maximum atomic E-state index is 12.0. The van der Waals surface area contributed by atoms with Gasteiger partial charge in [-0.1, -0.05) is 17.7 Å². The predicted octanol–water partition coefficient (Wildman–Crippen LogP) is 2.58. The maximum Gasteiger partial charge on any atom is 0.231 e. The van der Waals surface area contributed by atoms with E-state index >= 15 is 0 Å². The van der Waals surface area contributed by atoms with Gasteiger partial charge in [0.25, 0.3) is 0 Å². The molecule has 0 unspecified atom stereocenters. The Morgan fingerprint density at radius 3 is 2.26 bits per heavy atom. The molecule has 0 saturated carbocycles. The molecule has 0 saturated heterocycles. The highest BCUT2D eigenvalue weighted by Gasteiger charge is 2.10. The van der Waals surface area contributed by atoms with Crippen LogP contribution in [0.3, 0.4) is 0 Å². The molecular formula is C15H17N3O. The highest BCUT2D eigenvalue weighted by atomic mass is 16.1. The fourth-order valence-corrected chi connectivity index (χ4v) is 2.18. The number of benzene rings is 1. The molecule has 1 aromatic carbocycles. The number of aryl methyl sites for hydroxylation is 3. The van der Waals surface area contributed by atoms with Crippen LogP contribution in [-0.2, 0) is 11.2 Å². The molecule has 2 rings (SSSR count). The average molecular weight is 255 g/mol. The third-order valence-corrected chi connectivity index (χ3v) is 2.99. The second-order valence-corrected chi connectivity index (χ2v) is 4.67. The number of aromatic nitrogens is 2. The summed E-state index contributed by atoms with van der Waals surface area (Å²) in [5, 5.41) is 2.70. The van der Waals surface area contributed by atoms with E-state index in [1.165, 1.54) is 5.56 Å². The first-order valence-corrected chi connectivity index (χ1v) is 6.20. The molecule has 0 bridgehead atoms. The van der Waals surface area contributed by atoms with Crippen molar-refractivity contribution < 1.29 is 4.79 Å². The van der Waals surface area contributed by atoms with Gasteiger partial charge in [-0.05, 0) is 43.5 Å². The molecule has 0 aliphatic heterocycles. The molecule has 0 radical (unpaired) electrons. The van der Waals surface area contributed by atoms with Crippen LogP contribution in [0.1, 0.15) is 22.3 Å². The second-order valence-electron chi connectivity index (χ2n) is 4.67. The van der Waals surface area contributed by atoms with Crippen molar-refractivity contribution in [3.05, 3.63) is 52.8 Å². The molecule has 0 aliphatic carbocycles. The van der Waals surface area contributed by atoms with Crippen molar-refractivity contribution in [1.29, 1.82) is 0 Å².